The Bertz CT molecular complexity index is 761. The molecular formula is C19H30N6O5. The first-order valence-corrected chi connectivity index (χ1v) is 9.41. The fourth-order valence-electron chi connectivity index (χ4n) is 2.89. The zero-order chi connectivity index (χ0) is 22.8. The average Bonchev–Trinajstić information content (AvgIpc) is 2.70. The highest BCUT2D eigenvalue weighted by molar-refractivity contribution is 5.92. The lowest BCUT2D eigenvalue weighted by atomic mass is 9.90. The second kappa shape index (κ2) is 11.7. The van der Waals surface area contributed by atoms with Gasteiger partial charge in [0.2, 0.25) is 11.8 Å². The molecule has 11 nitrogen and oxygen atoms in total. The van der Waals surface area contributed by atoms with Crippen LogP contribution in [0.5, 0.6) is 0 Å². The molecule has 1 aromatic rings. The summed E-state index contributed by atoms with van der Waals surface area (Å²) in [6.45, 7) is 3.64. The number of guanidine groups is 1. The van der Waals surface area contributed by atoms with Gasteiger partial charge in [0.1, 0.15) is 12.1 Å². The Morgan fingerprint density at radius 3 is 2.13 bits per heavy atom. The summed E-state index contributed by atoms with van der Waals surface area (Å²) in [5, 5.41) is 24.0. The number of hydroxylamine groups is 1. The van der Waals surface area contributed by atoms with Crippen molar-refractivity contribution in [3.05, 3.63) is 29.8 Å². The zero-order valence-electron chi connectivity index (χ0n) is 17.3. The summed E-state index contributed by atoms with van der Waals surface area (Å²) in [4.78, 5) is 40.6. The third kappa shape index (κ3) is 7.68. The topological polar surface area (TPSA) is 192 Å². The highest BCUT2D eigenvalue weighted by atomic mass is 16.5. The smallest absolute Gasteiger partial charge is 0.272 e. The van der Waals surface area contributed by atoms with E-state index < -0.39 is 35.8 Å². The number of rotatable bonds is 10. The molecule has 0 aromatic heterocycles. The Morgan fingerprint density at radius 1 is 1.07 bits per heavy atom. The van der Waals surface area contributed by atoms with Gasteiger partial charge in [0.05, 0.1) is 11.6 Å². The second-order valence-corrected chi connectivity index (χ2v) is 7.24. The molecule has 3 unspecified atom stereocenters. The fraction of sp³-hybridized carbons (Fsp3) is 0.474. The maximum Gasteiger partial charge on any atom is 0.272 e. The molecule has 0 radical (unpaired) electrons. The van der Waals surface area contributed by atoms with E-state index >= 15 is 0 Å². The van der Waals surface area contributed by atoms with E-state index in [0.29, 0.717) is 5.69 Å². The number of hydrogen-bond donors (Lipinski definition) is 7. The number of amides is 3. The number of aliphatic hydroxyl groups excluding tert-OH is 1. The largest absolute Gasteiger partial charge is 0.382 e. The fourth-order valence-corrected chi connectivity index (χ4v) is 2.89. The van der Waals surface area contributed by atoms with Crippen LogP contribution in [0.2, 0.25) is 0 Å². The van der Waals surface area contributed by atoms with E-state index in [1.807, 2.05) is 13.8 Å². The van der Waals surface area contributed by atoms with Gasteiger partial charge in [-0.1, -0.05) is 26.0 Å². The van der Waals surface area contributed by atoms with E-state index in [-0.39, 0.29) is 24.7 Å². The average molecular weight is 422 g/mol. The van der Waals surface area contributed by atoms with Crippen LogP contribution in [0.3, 0.4) is 0 Å². The van der Waals surface area contributed by atoms with E-state index in [4.69, 9.17) is 16.7 Å². The summed E-state index contributed by atoms with van der Waals surface area (Å²) < 4.78 is 0. The quantitative estimate of drug-likeness (QED) is 0.108. The van der Waals surface area contributed by atoms with E-state index in [0.717, 1.165) is 5.56 Å². The summed E-state index contributed by atoms with van der Waals surface area (Å²) in [6, 6.07) is 5.80. The van der Waals surface area contributed by atoms with Crippen LogP contribution in [0.1, 0.15) is 25.8 Å². The van der Waals surface area contributed by atoms with Gasteiger partial charge < -0.3 is 27.2 Å². The van der Waals surface area contributed by atoms with Gasteiger partial charge in [-0.15, -0.1) is 0 Å². The molecule has 0 bridgehead atoms. The molecule has 0 heterocycles. The molecule has 0 fully saturated rings. The number of aliphatic hydroxyl groups is 1. The number of carbonyl (C=O) groups excluding carboxylic acids is 3. The molecule has 1 aromatic carbocycles. The van der Waals surface area contributed by atoms with Gasteiger partial charge in [0, 0.05) is 13.5 Å². The monoisotopic (exact) mass is 422 g/mol. The Morgan fingerprint density at radius 2 is 1.67 bits per heavy atom. The molecule has 30 heavy (non-hydrogen) atoms. The van der Waals surface area contributed by atoms with Gasteiger partial charge in [0.25, 0.3) is 5.91 Å². The first-order valence-electron chi connectivity index (χ1n) is 9.41. The predicted molar refractivity (Wildman–Crippen MR) is 110 cm³/mol. The predicted octanol–water partition coefficient (Wildman–Crippen LogP) is -1.11. The van der Waals surface area contributed by atoms with E-state index in [1.54, 1.807) is 24.3 Å². The van der Waals surface area contributed by atoms with Crippen molar-refractivity contribution in [3.8, 4) is 0 Å². The van der Waals surface area contributed by atoms with Crippen LogP contribution in [0.15, 0.2) is 29.3 Å². The van der Waals surface area contributed by atoms with Gasteiger partial charge in [-0.05, 0) is 30.0 Å². The third-order valence-electron chi connectivity index (χ3n) is 4.34. The van der Waals surface area contributed by atoms with E-state index in [2.05, 4.69) is 15.6 Å². The summed E-state index contributed by atoms with van der Waals surface area (Å²) in [5.74, 6) is -3.47. The van der Waals surface area contributed by atoms with Gasteiger partial charge in [-0.3, -0.25) is 19.6 Å². The molecule has 11 heteroatoms. The molecule has 0 aliphatic heterocycles. The molecule has 0 aliphatic rings. The van der Waals surface area contributed by atoms with Crippen molar-refractivity contribution >= 4 is 29.4 Å². The molecular weight excluding hydrogens is 392 g/mol. The van der Waals surface area contributed by atoms with Crippen molar-refractivity contribution in [3.63, 3.8) is 0 Å². The maximum absolute atomic E-state index is 12.8. The highest BCUT2D eigenvalue weighted by Gasteiger charge is 2.34. The molecule has 0 aliphatic carbocycles. The van der Waals surface area contributed by atoms with Gasteiger partial charge in [-0.2, -0.15) is 0 Å². The SMILES string of the molecule is CNC(=O)C(Cc1ccc(N=C(N)N)cc1)NC(=O)C(CC(C)C)C(O)C(=O)NO. The summed E-state index contributed by atoms with van der Waals surface area (Å²) >= 11 is 0. The van der Waals surface area contributed by atoms with Crippen molar-refractivity contribution in [2.75, 3.05) is 7.05 Å². The molecule has 0 spiro atoms. The zero-order valence-corrected chi connectivity index (χ0v) is 17.3. The van der Waals surface area contributed by atoms with Crippen LogP contribution in [0, 0.1) is 11.8 Å². The third-order valence-corrected chi connectivity index (χ3v) is 4.34. The minimum Gasteiger partial charge on any atom is -0.382 e. The standard InChI is InChI=1S/C19H30N6O5/c1-10(2)8-13(15(26)18(29)25-30)16(27)24-14(17(28)22-3)9-11-4-6-12(7-5-11)23-19(20)21/h4-7,10,13-15,26,30H,8-9H2,1-3H3,(H,22,28)(H,24,27)(H,25,29)(H4,20,21,23). The molecule has 166 valence electrons. The number of benzene rings is 1. The van der Waals surface area contributed by atoms with Gasteiger partial charge in [0.15, 0.2) is 5.96 Å². The summed E-state index contributed by atoms with van der Waals surface area (Å²) in [6.07, 6.45) is -1.43. The second-order valence-electron chi connectivity index (χ2n) is 7.24. The van der Waals surface area contributed by atoms with Crippen LogP contribution >= 0.6 is 0 Å². The Balaban J connectivity index is 3.01. The lowest BCUT2D eigenvalue weighted by Crippen LogP contribution is -2.52. The van der Waals surface area contributed by atoms with Gasteiger partial charge in [-0.25, -0.2) is 10.5 Å². The number of nitrogens with zero attached hydrogens (tertiary/aromatic N) is 1. The Labute approximate surface area is 174 Å². The van der Waals surface area contributed by atoms with Crippen molar-refractivity contribution < 1.29 is 24.7 Å². The lowest BCUT2D eigenvalue weighted by Gasteiger charge is -2.25. The number of carbonyl (C=O) groups is 3. The number of likely N-dealkylation sites (N-methyl/N-ethyl adjacent to an activating group) is 1. The summed E-state index contributed by atoms with van der Waals surface area (Å²) in [7, 11) is 1.43. The van der Waals surface area contributed by atoms with Gasteiger partial charge >= 0.3 is 0 Å². The molecule has 3 atom stereocenters. The number of hydrogen-bond acceptors (Lipinski definition) is 6. The normalized spacial score (nSPS) is 13.7. The minimum atomic E-state index is -1.76. The van der Waals surface area contributed by atoms with Crippen LogP contribution in [0.4, 0.5) is 5.69 Å². The summed E-state index contributed by atoms with van der Waals surface area (Å²) in [5.41, 5.74) is 13.3. The highest BCUT2D eigenvalue weighted by Crippen LogP contribution is 2.18. The number of aliphatic imine (C=N–C) groups is 1. The van der Waals surface area contributed by atoms with Crippen LogP contribution < -0.4 is 27.6 Å². The Hall–Kier alpha value is -3.18. The van der Waals surface area contributed by atoms with E-state index in [1.165, 1.54) is 12.5 Å². The molecule has 0 saturated carbocycles. The molecule has 3 amide bonds. The minimum absolute atomic E-state index is 0.0246. The molecule has 0 saturated heterocycles. The number of nitrogens with one attached hydrogen (secondary N) is 3. The molecule has 1 rings (SSSR count). The van der Waals surface area contributed by atoms with Crippen molar-refractivity contribution in [1.82, 2.24) is 16.1 Å². The first-order chi connectivity index (χ1) is 14.1. The van der Waals surface area contributed by atoms with Crippen molar-refractivity contribution in [2.24, 2.45) is 28.3 Å². The first kappa shape index (κ1) is 24.9. The van der Waals surface area contributed by atoms with Crippen LogP contribution in [-0.2, 0) is 20.8 Å². The Kier molecular flexibility index (Phi) is 9.72. The lowest BCUT2D eigenvalue weighted by molar-refractivity contribution is -0.147. The number of nitrogens with two attached hydrogens (primary N) is 2. The van der Waals surface area contributed by atoms with Crippen molar-refractivity contribution in [1.29, 1.82) is 0 Å². The molecule has 9 N–H and O–H groups in total. The van der Waals surface area contributed by atoms with E-state index in [9.17, 15) is 19.5 Å². The van der Waals surface area contributed by atoms with Crippen LogP contribution in [-0.4, -0.2) is 53.2 Å². The van der Waals surface area contributed by atoms with Crippen molar-refractivity contribution in [2.45, 2.75) is 38.8 Å². The van der Waals surface area contributed by atoms with Crippen LogP contribution in [0.25, 0.3) is 0 Å². The maximum atomic E-state index is 12.8.